The molecule has 0 aromatic rings. The summed E-state index contributed by atoms with van der Waals surface area (Å²) in [4.78, 5) is 5.12. The van der Waals surface area contributed by atoms with E-state index >= 15 is 0 Å². The molecule has 0 saturated carbocycles. The Morgan fingerprint density at radius 1 is 1.33 bits per heavy atom. The standard InChI is InChI=1S/C15H33N3/c1-5-15(3,13-16)18(6-2)12-10-14-9-7-8-11-17(14)4/h14H,5-13,16H2,1-4H3. The molecule has 1 heterocycles. The molecule has 2 unspecified atom stereocenters. The normalized spacial score (nSPS) is 25.3. The lowest BCUT2D eigenvalue weighted by Gasteiger charge is -2.41. The Bertz CT molecular complexity index is 226. The summed E-state index contributed by atoms with van der Waals surface area (Å²) in [5.41, 5.74) is 6.16. The molecule has 0 amide bonds. The van der Waals surface area contributed by atoms with E-state index < -0.39 is 0 Å². The Kier molecular flexibility index (Phi) is 6.61. The first kappa shape index (κ1) is 15.9. The zero-order chi connectivity index (χ0) is 13.6. The van der Waals surface area contributed by atoms with E-state index in [1.807, 2.05) is 0 Å². The van der Waals surface area contributed by atoms with Gasteiger partial charge in [-0.05, 0) is 52.7 Å². The molecule has 1 saturated heterocycles. The summed E-state index contributed by atoms with van der Waals surface area (Å²) in [7, 11) is 2.28. The molecule has 1 aliphatic heterocycles. The van der Waals surface area contributed by atoms with Gasteiger partial charge in [0.25, 0.3) is 0 Å². The van der Waals surface area contributed by atoms with Crippen molar-refractivity contribution in [2.45, 2.75) is 64.5 Å². The number of hydrogen-bond donors (Lipinski definition) is 1. The van der Waals surface area contributed by atoms with Crippen LogP contribution in [0.25, 0.3) is 0 Å². The fourth-order valence-electron chi connectivity index (χ4n) is 3.12. The summed E-state index contributed by atoms with van der Waals surface area (Å²) >= 11 is 0. The summed E-state index contributed by atoms with van der Waals surface area (Å²) in [5, 5.41) is 0. The van der Waals surface area contributed by atoms with Crippen molar-refractivity contribution in [1.29, 1.82) is 0 Å². The average Bonchev–Trinajstić information content (AvgIpc) is 2.40. The molecule has 0 aromatic carbocycles. The first-order valence-electron chi connectivity index (χ1n) is 7.72. The van der Waals surface area contributed by atoms with E-state index in [-0.39, 0.29) is 5.54 Å². The van der Waals surface area contributed by atoms with Gasteiger partial charge in [-0.15, -0.1) is 0 Å². The highest BCUT2D eigenvalue weighted by molar-refractivity contribution is 4.86. The van der Waals surface area contributed by atoms with E-state index in [4.69, 9.17) is 5.73 Å². The van der Waals surface area contributed by atoms with Gasteiger partial charge in [0.15, 0.2) is 0 Å². The quantitative estimate of drug-likeness (QED) is 0.758. The fourth-order valence-corrected chi connectivity index (χ4v) is 3.12. The number of hydrogen-bond acceptors (Lipinski definition) is 3. The summed E-state index contributed by atoms with van der Waals surface area (Å²) in [6.07, 6.45) is 6.58. The zero-order valence-corrected chi connectivity index (χ0v) is 12.9. The lowest BCUT2D eigenvalue weighted by molar-refractivity contribution is 0.0883. The topological polar surface area (TPSA) is 32.5 Å². The van der Waals surface area contributed by atoms with Gasteiger partial charge in [-0.3, -0.25) is 4.90 Å². The fraction of sp³-hybridized carbons (Fsp3) is 1.00. The van der Waals surface area contributed by atoms with Gasteiger partial charge >= 0.3 is 0 Å². The van der Waals surface area contributed by atoms with E-state index in [1.165, 1.54) is 38.8 Å². The van der Waals surface area contributed by atoms with E-state index in [2.05, 4.69) is 37.6 Å². The molecule has 108 valence electrons. The van der Waals surface area contributed by atoms with Crippen molar-refractivity contribution in [2.75, 3.05) is 33.2 Å². The minimum Gasteiger partial charge on any atom is -0.329 e. The smallest absolute Gasteiger partial charge is 0.0300 e. The highest BCUT2D eigenvalue weighted by Gasteiger charge is 2.28. The maximum Gasteiger partial charge on any atom is 0.0300 e. The molecule has 2 N–H and O–H groups in total. The van der Waals surface area contributed by atoms with Crippen LogP contribution in [-0.2, 0) is 0 Å². The van der Waals surface area contributed by atoms with Crippen molar-refractivity contribution in [3.63, 3.8) is 0 Å². The maximum absolute atomic E-state index is 5.98. The molecule has 0 aromatic heterocycles. The van der Waals surface area contributed by atoms with Crippen molar-refractivity contribution in [2.24, 2.45) is 5.73 Å². The zero-order valence-electron chi connectivity index (χ0n) is 12.9. The summed E-state index contributed by atoms with van der Waals surface area (Å²) in [6.45, 7) is 11.2. The van der Waals surface area contributed by atoms with Gasteiger partial charge in [0.2, 0.25) is 0 Å². The number of rotatable bonds is 7. The second kappa shape index (κ2) is 7.46. The molecule has 0 spiro atoms. The van der Waals surface area contributed by atoms with Crippen molar-refractivity contribution in [3.8, 4) is 0 Å². The minimum absolute atomic E-state index is 0.183. The number of likely N-dealkylation sites (tertiary alicyclic amines) is 1. The third kappa shape index (κ3) is 3.94. The maximum atomic E-state index is 5.98. The highest BCUT2D eigenvalue weighted by atomic mass is 15.2. The molecule has 3 nitrogen and oxygen atoms in total. The molecule has 2 atom stereocenters. The van der Waals surface area contributed by atoms with Crippen molar-refractivity contribution in [3.05, 3.63) is 0 Å². The Balaban J connectivity index is 2.48. The lowest BCUT2D eigenvalue weighted by Crippen LogP contribution is -2.52. The molecule has 1 aliphatic rings. The number of piperidine rings is 1. The third-order valence-corrected chi connectivity index (χ3v) is 5.00. The van der Waals surface area contributed by atoms with Crippen LogP contribution in [0.3, 0.4) is 0 Å². The number of nitrogens with zero attached hydrogens (tertiary/aromatic N) is 2. The van der Waals surface area contributed by atoms with E-state index in [9.17, 15) is 0 Å². The first-order chi connectivity index (χ1) is 8.57. The van der Waals surface area contributed by atoms with Gasteiger partial charge in [0, 0.05) is 24.7 Å². The summed E-state index contributed by atoms with van der Waals surface area (Å²) in [5.74, 6) is 0. The summed E-state index contributed by atoms with van der Waals surface area (Å²) < 4.78 is 0. The van der Waals surface area contributed by atoms with E-state index in [1.54, 1.807) is 0 Å². The van der Waals surface area contributed by atoms with Crippen LogP contribution >= 0.6 is 0 Å². The molecular weight excluding hydrogens is 222 g/mol. The highest BCUT2D eigenvalue weighted by Crippen LogP contribution is 2.22. The van der Waals surface area contributed by atoms with Crippen LogP contribution in [0, 0.1) is 0 Å². The molecule has 1 rings (SSSR count). The van der Waals surface area contributed by atoms with E-state index in [0.717, 1.165) is 25.6 Å². The lowest BCUT2D eigenvalue weighted by atomic mass is 9.94. The summed E-state index contributed by atoms with van der Waals surface area (Å²) in [6, 6.07) is 0.784. The minimum atomic E-state index is 0.183. The number of likely N-dealkylation sites (N-methyl/N-ethyl adjacent to an activating group) is 1. The third-order valence-electron chi connectivity index (χ3n) is 5.00. The van der Waals surface area contributed by atoms with Gasteiger partial charge in [0.05, 0.1) is 0 Å². The Morgan fingerprint density at radius 2 is 2.06 bits per heavy atom. The van der Waals surface area contributed by atoms with Crippen LogP contribution in [-0.4, -0.2) is 54.6 Å². The number of nitrogens with two attached hydrogens (primary N) is 1. The van der Waals surface area contributed by atoms with Gasteiger partial charge in [-0.2, -0.15) is 0 Å². The second-order valence-corrected chi connectivity index (χ2v) is 6.05. The van der Waals surface area contributed by atoms with Crippen LogP contribution in [0.15, 0.2) is 0 Å². The van der Waals surface area contributed by atoms with Crippen molar-refractivity contribution < 1.29 is 0 Å². The predicted molar refractivity (Wildman–Crippen MR) is 79.9 cm³/mol. The largest absolute Gasteiger partial charge is 0.329 e. The van der Waals surface area contributed by atoms with Gasteiger partial charge in [-0.1, -0.05) is 20.3 Å². The average molecular weight is 255 g/mol. The van der Waals surface area contributed by atoms with Crippen LogP contribution in [0.4, 0.5) is 0 Å². The molecular formula is C15H33N3. The molecule has 0 bridgehead atoms. The molecule has 3 heteroatoms. The van der Waals surface area contributed by atoms with Crippen LogP contribution in [0.1, 0.15) is 52.9 Å². The van der Waals surface area contributed by atoms with Crippen LogP contribution in [0.2, 0.25) is 0 Å². The van der Waals surface area contributed by atoms with Gasteiger partial charge < -0.3 is 10.6 Å². The van der Waals surface area contributed by atoms with Crippen molar-refractivity contribution in [1.82, 2.24) is 9.80 Å². The Labute approximate surface area is 114 Å². The Hall–Kier alpha value is -0.120. The Morgan fingerprint density at radius 3 is 2.56 bits per heavy atom. The SMILES string of the molecule is CCN(CCC1CCCCN1C)C(C)(CC)CN. The molecule has 0 radical (unpaired) electrons. The molecule has 18 heavy (non-hydrogen) atoms. The van der Waals surface area contributed by atoms with Crippen LogP contribution in [0.5, 0.6) is 0 Å². The van der Waals surface area contributed by atoms with Gasteiger partial charge in [-0.25, -0.2) is 0 Å². The monoisotopic (exact) mass is 255 g/mol. The molecule has 0 aliphatic carbocycles. The van der Waals surface area contributed by atoms with Gasteiger partial charge in [0.1, 0.15) is 0 Å². The van der Waals surface area contributed by atoms with Crippen LogP contribution < -0.4 is 5.73 Å². The first-order valence-corrected chi connectivity index (χ1v) is 7.72. The van der Waals surface area contributed by atoms with E-state index in [0.29, 0.717) is 0 Å². The molecule has 1 fully saturated rings. The second-order valence-electron chi connectivity index (χ2n) is 6.05. The van der Waals surface area contributed by atoms with Crippen molar-refractivity contribution >= 4 is 0 Å². The predicted octanol–water partition coefficient (Wildman–Crippen LogP) is 2.31.